The van der Waals surface area contributed by atoms with E-state index in [1.54, 1.807) is 0 Å². The van der Waals surface area contributed by atoms with Crippen molar-refractivity contribution >= 4 is 11.9 Å². The average Bonchev–Trinajstić information content (AvgIpc) is 2.33. The number of amides is 1. The maximum Gasteiger partial charge on any atom is 0.327 e. The van der Waals surface area contributed by atoms with Crippen molar-refractivity contribution in [1.29, 1.82) is 0 Å². The minimum absolute atomic E-state index is 0.0200. The van der Waals surface area contributed by atoms with Gasteiger partial charge in [-0.05, 0) is 25.0 Å². The zero-order chi connectivity index (χ0) is 14.4. The van der Waals surface area contributed by atoms with E-state index < -0.39 is 12.0 Å². The maximum atomic E-state index is 11.8. The molecule has 0 heterocycles. The molecule has 4 nitrogen and oxygen atoms in total. The van der Waals surface area contributed by atoms with Crippen molar-refractivity contribution in [2.24, 2.45) is 0 Å². The Bertz CT molecular complexity index is 529. The molecule has 0 saturated heterocycles. The SMILES string of the molecule is C#CCC(NC(=O)Cc1cc(C)ccc1C)C(=O)O. The first-order valence-corrected chi connectivity index (χ1v) is 5.95. The molecule has 1 aromatic carbocycles. The van der Waals surface area contributed by atoms with Gasteiger partial charge in [-0.15, -0.1) is 12.3 Å². The smallest absolute Gasteiger partial charge is 0.327 e. The molecule has 2 N–H and O–H groups in total. The van der Waals surface area contributed by atoms with Gasteiger partial charge in [0, 0.05) is 6.42 Å². The van der Waals surface area contributed by atoms with Crippen LogP contribution < -0.4 is 5.32 Å². The number of carbonyl (C=O) groups is 2. The second-order valence-electron chi connectivity index (χ2n) is 4.47. The van der Waals surface area contributed by atoms with E-state index in [4.69, 9.17) is 11.5 Å². The number of benzene rings is 1. The number of carbonyl (C=O) groups excluding carboxylic acids is 1. The molecule has 0 aliphatic rings. The van der Waals surface area contributed by atoms with Crippen LogP contribution in [-0.4, -0.2) is 23.0 Å². The highest BCUT2D eigenvalue weighted by Gasteiger charge is 2.19. The Balaban J connectivity index is 2.72. The Morgan fingerprint density at radius 3 is 2.68 bits per heavy atom. The minimum Gasteiger partial charge on any atom is -0.480 e. The van der Waals surface area contributed by atoms with Gasteiger partial charge in [0.05, 0.1) is 6.42 Å². The molecule has 0 aliphatic heterocycles. The van der Waals surface area contributed by atoms with Gasteiger partial charge in [0.25, 0.3) is 0 Å². The largest absolute Gasteiger partial charge is 0.480 e. The molecule has 100 valence electrons. The van der Waals surface area contributed by atoms with Crippen LogP contribution in [0.4, 0.5) is 0 Å². The van der Waals surface area contributed by atoms with E-state index >= 15 is 0 Å². The van der Waals surface area contributed by atoms with E-state index in [1.165, 1.54) is 0 Å². The van der Waals surface area contributed by atoms with Crippen LogP contribution in [-0.2, 0) is 16.0 Å². The van der Waals surface area contributed by atoms with Crippen LogP contribution in [0.3, 0.4) is 0 Å². The van der Waals surface area contributed by atoms with Crippen LogP contribution in [0.2, 0.25) is 0 Å². The molecule has 0 spiro atoms. The average molecular weight is 259 g/mol. The summed E-state index contributed by atoms with van der Waals surface area (Å²) in [5.74, 6) is 0.788. The van der Waals surface area contributed by atoms with Crippen molar-refractivity contribution in [3.8, 4) is 12.3 Å². The first-order chi connectivity index (χ1) is 8.93. The van der Waals surface area contributed by atoms with Gasteiger partial charge in [0.1, 0.15) is 6.04 Å². The molecule has 1 amide bonds. The molecular formula is C15H17NO3. The predicted molar refractivity (Wildman–Crippen MR) is 72.6 cm³/mol. The molecule has 1 unspecified atom stereocenters. The van der Waals surface area contributed by atoms with E-state index in [2.05, 4.69) is 11.2 Å². The first-order valence-electron chi connectivity index (χ1n) is 5.95. The number of terminal acetylenes is 1. The van der Waals surface area contributed by atoms with Gasteiger partial charge in [0.2, 0.25) is 5.91 Å². The Morgan fingerprint density at radius 1 is 1.42 bits per heavy atom. The normalized spacial score (nSPS) is 11.4. The lowest BCUT2D eigenvalue weighted by Gasteiger charge is -2.13. The third-order valence-corrected chi connectivity index (χ3v) is 2.81. The van der Waals surface area contributed by atoms with Crippen molar-refractivity contribution in [1.82, 2.24) is 5.32 Å². The number of carboxylic acids is 1. The summed E-state index contributed by atoms with van der Waals surface area (Å²) in [7, 11) is 0. The van der Waals surface area contributed by atoms with Gasteiger partial charge in [-0.25, -0.2) is 4.79 Å². The molecule has 1 atom stereocenters. The molecule has 1 aromatic rings. The monoisotopic (exact) mass is 259 g/mol. The van der Waals surface area contributed by atoms with Gasteiger partial charge in [0.15, 0.2) is 0 Å². The molecule has 0 bridgehead atoms. The number of rotatable bonds is 5. The molecule has 0 radical (unpaired) electrons. The highest BCUT2D eigenvalue weighted by Crippen LogP contribution is 2.11. The lowest BCUT2D eigenvalue weighted by molar-refractivity contribution is -0.141. The Morgan fingerprint density at radius 2 is 2.11 bits per heavy atom. The van der Waals surface area contributed by atoms with Crippen LogP contribution in [0.1, 0.15) is 23.1 Å². The van der Waals surface area contributed by atoms with E-state index in [0.29, 0.717) is 0 Å². The van der Waals surface area contributed by atoms with E-state index in [0.717, 1.165) is 16.7 Å². The van der Waals surface area contributed by atoms with Gasteiger partial charge in [-0.2, -0.15) is 0 Å². The van der Waals surface area contributed by atoms with Gasteiger partial charge < -0.3 is 10.4 Å². The van der Waals surface area contributed by atoms with Crippen LogP contribution in [0, 0.1) is 26.2 Å². The highest BCUT2D eigenvalue weighted by molar-refractivity contribution is 5.85. The zero-order valence-corrected chi connectivity index (χ0v) is 11.1. The number of aliphatic carboxylic acids is 1. The van der Waals surface area contributed by atoms with Crippen LogP contribution in [0.15, 0.2) is 18.2 Å². The standard InChI is InChI=1S/C15H17NO3/c1-4-5-13(15(18)19)16-14(17)9-12-8-10(2)6-7-11(12)3/h1,6-8,13H,5,9H2,2-3H3,(H,16,17)(H,18,19). The Labute approximate surface area is 112 Å². The molecule has 4 heteroatoms. The summed E-state index contributed by atoms with van der Waals surface area (Å²) in [5, 5.41) is 11.3. The van der Waals surface area contributed by atoms with Crippen molar-refractivity contribution in [2.45, 2.75) is 32.7 Å². The van der Waals surface area contributed by atoms with Crippen LogP contribution >= 0.6 is 0 Å². The number of hydrogen-bond acceptors (Lipinski definition) is 2. The lowest BCUT2D eigenvalue weighted by Crippen LogP contribution is -2.41. The van der Waals surface area contributed by atoms with Crippen molar-refractivity contribution in [3.05, 3.63) is 34.9 Å². The summed E-state index contributed by atoms with van der Waals surface area (Å²) in [5.41, 5.74) is 2.96. The molecule has 0 aliphatic carbocycles. The number of hydrogen-bond donors (Lipinski definition) is 2. The fraction of sp³-hybridized carbons (Fsp3) is 0.333. The fourth-order valence-electron chi connectivity index (χ4n) is 1.73. The van der Waals surface area contributed by atoms with Crippen LogP contribution in [0.5, 0.6) is 0 Å². The molecule has 0 fully saturated rings. The Hall–Kier alpha value is -2.28. The molecule has 19 heavy (non-hydrogen) atoms. The van der Waals surface area contributed by atoms with Gasteiger partial charge in [-0.1, -0.05) is 23.8 Å². The quantitative estimate of drug-likeness (QED) is 0.786. The first kappa shape index (κ1) is 14.8. The summed E-state index contributed by atoms with van der Waals surface area (Å²) in [4.78, 5) is 22.7. The molecular weight excluding hydrogens is 242 g/mol. The Kier molecular flexibility index (Phi) is 5.13. The second kappa shape index (κ2) is 6.60. The topological polar surface area (TPSA) is 66.4 Å². The number of nitrogens with one attached hydrogen (secondary N) is 1. The lowest BCUT2D eigenvalue weighted by atomic mass is 10.0. The second-order valence-corrected chi connectivity index (χ2v) is 4.47. The third-order valence-electron chi connectivity index (χ3n) is 2.81. The van der Waals surface area contributed by atoms with E-state index in [-0.39, 0.29) is 18.7 Å². The van der Waals surface area contributed by atoms with Crippen molar-refractivity contribution in [3.63, 3.8) is 0 Å². The van der Waals surface area contributed by atoms with Crippen LogP contribution in [0.25, 0.3) is 0 Å². The summed E-state index contributed by atoms with van der Waals surface area (Å²) >= 11 is 0. The summed E-state index contributed by atoms with van der Waals surface area (Å²) in [6.07, 6.45) is 5.21. The molecule has 1 rings (SSSR count). The summed E-state index contributed by atoms with van der Waals surface area (Å²) in [6.45, 7) is 3.86. The minimum atomic E-state index is -1.12. The van der Waals surface area contributed by atoms with E-state index in [9.17, 15) is 9.59 Å². The summed E-state index contributed by atoms with van der Waals surface area (Å²) < 4.78 is 0. The molecule has 0 saturated carbocycles. The van der Waals surface area contributed by atoms with Crippen molar-refractivity contribution in [2.75, 3.05) is 0 Å². The number of carboxylic acid groups (broad SMARTS) is 1. The van der Waals surface area contributed by atoms with E-state index in [1.807, 2.05) is 32.0 Å². The third kappa shape index (κ3) is 4.47. The highest BCUT2D eigenvalue weighted by atomic mass is 16.4. The predicted octanol–water partition coefficient (Wildman–Crippen LogP) is 1.44. The molecule has 0 aromatic heterocycles. The summed E-state index contributed by atoms with van der Waals surface area (Å²) in [6, 6.07) is 4.80. The van der Waals surface area contributed by atoms with Gasteiger partial charge >= 0.3 is 5.97 Å². The fourth-order valence-corrected chi connectivity index (χ4v) is 1.73. The maximum absolute atomic E-state index is 11.8. The number of aryl methyl sites for hydroxylation is 2. The van der Waals surface area contributed by atoms with Crippen molar-refractivity contribution < 1.29 is 14.7 Å². The zero-order valence-electron chi connectivity index (χ0n) is 11.1. The van der Waals surface area contributed by atoms with Gasteiger partial charge in [-0.3, -0.25) is 4.79 Å².